The molecule has 1 fully saturated rings. The van der Waals surface area contributed by atoms with E-state index in [-0.39, 0.29) is 36.6 Å². The quantitative estimate of drug-likeness (QED) is 0.407. The summed E-state index contributed by atoms with van der Waals surface area (Å²) in [5, 5.41) is 9.27. The summed E-state index contributed by atoms with van der Waals surface area (Å²) in [7, 11) is -4.72. The minimum Gasteiger partial charge on any atom is -0.481 e. The summed E-state index contributed by atoms with van der Waals surface area (Å²) in [6.07, 6.45) is -14.4. The molecule has 2 aromatic carbocycles. The number of sulfone groups is 1. The molecular weight excluding hydrogens is 602 g/mol. The van der Waals surface area contributed by atoms with E-state index in [9.17, 15) is 58.2 Å². The molecule has 42 heavy (non-hydrogen) atoms. The maximum absolute atomic E-state index is 14.9. The minimum atomic E-state index is -6.39. The van der Waals surface area contributed by atoms with Crippen molar-refractivity contribution < 1.29 is 58.2 Å². The van der Waals surface area contributed by atoms with Gasteiger partial charge < -0.3 is 10.0 Å². The Bertz CT molecular complexity index is 1520. The summed E-state index contributed by atoms with van der Waals surface area (Å²) >= 11 is 0. The van der Waals surface area contributed by atoms with E-state index in [1.165, 1.54) is 13.8 Å². The van der Waals surface area contributed by atoms with Crippen LogP contribution in [0.3, 0.4) is 0 Å². The zero-order valence-electron chi connectivity index (χ0n) is 22.1. The van der Waals surface area contributed by atoms with Gasteiger partial charge >= 0.3 is 24.0 Å². The molecule has 4 rings (SSSR count). The predicted molar refractivity (Wildman–Crippen MR) is 131 cm³/mol. The Kier molecular flexibility index (Phi) is 7.48. The number of halogens is 8. The standard InChI is InChI=1S/C27H25F8NO5S/c1-23(2,14-21(37)38)22(39)36-11-10-24(42(40,41)18-5-3-4-17(28)13-18)19-8-7-16(12-15(19)6-9-20(24)36)25(29,26(30,31)32)27(33,34)35/h3-5,7-8,12-13,20H,6,9-11,14H2,1-2H3,(H,37,38). The third kappa shape index (κ3) is 4.63. The van der Waals surface area contributed by atoms with Gasteiger partial charge in [0.05, 0.1) is 22.8 Å². The van der Waals surface area contributed by atoms with Crippen LogP contribution in [0, 0.1) is 11.2 Å². The Hall–Kier alpha value is -3.23. The maximum Gasteiger partial charge on any atom is 0.435 e. The third-order valence-electron chi connectivity index (χ3n) is 8.08. The summed E-state index contributed by atoms with van der Waals surface area (Å²) in [6.45, 7) is 2.41. The molecule has 0 saturated carbocycles. The van der Waals surface area contributed by atoms with Crippen LogP contribution in [0.25, 0.3) is 0 Å². The van der Waals surface area contributed by atoms with Gasteiger partial charge in [0.25, 0.3) is 0 Å². The van der Waals surface area contributed by atoms with Crippen LogP contribution in [-0.4, -0.2) is 55.2 Å². The minimum absolute atomic E-state index is 0.226. The summed E-state index contributed by atoms with van der Waals surface area (Å²) in [6, 6.07) is 3.83. The molecule has 230 valence electrons. The van der Waals surface area contributed by atoms with E-state index in [0.717, 1.165) is 23.1 Å². The Balaban J connectivity index is 1.96. The third-order valence-corrected chi connectivity index (χ3v) is 10.6. The highest BCUT2D eigenvalue weighted by atomic mass is 32.2. The van der Waals surface area contributed by atoms with Crippen LogP contribution in [0.1, 0.15) is 49.8 Å². The second-order valence-corrected chi connectivity index (χ2v) is 13.3. The molecule has 0 aromatic heterocycles. The zero-order chi connectivity index (χ0) is 31.7. The average molecular weight is 628 g/mol. The van der Waals surface area contributed by atoms with Crippen molar-refractivity contribution in [3.63, 3.8) is 0 Å². The number of carboxylic acid groups (broad SMARTS) is 1. The number of hydrogen-bond donors (Lipinski definition) is 1. The molecule has 0 radical (unpaired) electrons. The van der Waals surface area contributed by atoms with E-state index < -0.39 is 85.1 Å². The van der Waals surface area contributed by atoms with Gasteiger partial charge in [-0.25, -0.2) is 17.2 Å². The lowest BCUT2D eigenvalue weighted by molar-refractivity contribution is -0.348. The Morgan fingerprint density at radius 2 is 1.62 bits per heavy atom. The summed E-state index contributed by atoms with van der Waals surface area (Å²) in [4.78, 5) is 25.5. The molecule has 1 saturated heterocycles. The fourth-order valence-corrected chi connectivity index (χ4v) is 8.56. The van der Waals surface area contributed by atoms with E-state index in [4.69, 9.17) is 0 Å². The lowest BCUT2D eigenvalue weighted by Crippen LogP contribution is -2.54. The van der Waals surface area contributed by atoms with Crippen molar-refractivity contribution in [1.82, 2.24) is 4.90 Å². The second kappa shape index (κ2) is 9.91. The van der Waals surface area contributed by atoms with Crippen molar-refractivity contribution in [2.75, 3.05) is 6.54 Å². The van der Waals surface area contributed by atoms with E-state index in [1.807, 2.05) is 0 Å². The highest BCUT2D eigenvalue weighted by Gasteiger charge is 2.74. The van der Waals surface area contributed by atoms with Crippen LogP contribution in [0.5, 0.6) is 0 Å². The number of aliphatic carboxylic acids is 1. The SMILES string of the molecule is CC(C)(CC(=O)O)C(=O)N1CCC2(S(=O)(=O)c3cccc(F)c3)c3ccc(C(F)(C(F)(F)F)C(F)(F)F)cc3CCC12. The van der Waals surface area contributed by atoms with Gasteiger partial charge in [-0.1, -0.05) is 38.1 Å². The number of rotatable bonds is 6. The molecule has 0 bridgehead atoms. The zero-order valence-corrected chi connectivity index (χ0v) is 22.9. The van der Waals surface area contributed by atoms with E-state index in [0.29, 0.717) is 18.2 Å². The van der Waals surface area contributed by atoms with Crippen molar-refractivity contribution in [2.45, 2.75) is 73.2 Å². The number of carbonyl (C=O) groups excluding carboxylic acids is 1. The molecule has 1 heterocycles. The van der Waals surface area contributed by atoms with Gasteiger partial charge in [-0.2, -0.15) is 26.3 Å². The first-order chi connectivity index (χ1) is 19.1. The van der Waals surface area contributed by atoms with Gasteiger partial charge in [-0.3, -0.25) is 9.59 Å². The van der Waals surface area contributed by atoms with E-state index in [1.54, 1.807) is 0 Å². The van der Waals surface area contributed by atoms with Crippen LogP contribution in [0.15, 0.2) is 47.4 Å². The van der Waals surface area contributed by atoms with Crippen molar-refractivity contribution in [1.29, 1.82) is 0 Å². The lowest BCUT2D eigenvalue weighted by Gasteiger charge is -2.44. The van der Waals surface area contributed by atoms with Gasteiger partial charge in [-0.05, 0) is 48.6 Å². The summed E-state index contributed by atoms with van der Waals surface area (Å²) in [5.74, 6) is -2.98. The van der Waals surface area contributed by atoms with E-state index >= 15 is 0 Å². The number of carboxylic acids is 1. The van der Waals surface area contributed by atoms with Gasteiger partial charge in [0, 0.05) is 12.1 Å². The molecular formula is C27H25F8NO5S. The van der Waals surface area contributed by atoms with Crippen LogP contribution in [-0.2, 0) is 36.3 Å². The highest BCUT2D eigenvalue weighted by Crippen LogP contribution is 2.57. The van der Waals surface area contributed by atoms with Crippen LogP contribution >= 0.6 is 0 Å². The van der Waals surface area contributed by atoms with Gasteiger partial charge in [-0.15, -0.1) is 0 Å². The predicted octanol–water partition coefficient (Wildman–Crippen LogP) is 5.83. The van der Waals surface area contributed by atoms with Gasteiger partial charge in [0.2, 0.25) is 5.91 Å². The maximum atomic E-state index is 14.9. The number of likely N-dealkylation sites (tertiary alicyclic amines) is 1. The molecule has 1 N–H and O–H groups in total. The second-order valence-electron chi connectivity index (χ2n) is 11.1. The van der Waals surface area contributed by atoms with E-state index in [2.05, 4.69) is 0 Å². The number of nitrogens with zero attached hydrogens (tertiary/aromatic N) is 1. The molecule has 2 atom stereocenters. The molecule has 6 nitrogen and oxygen atoms in total. The number of fused-ring (bicyclic) bond motifs is 3. The molecule has 2 aliphatic rings. The monoisotopic (exact) mass is 627 g/mol. The van der Waals surface area contributed by atoms with Crippen molar-refractivity contribution in [3.8, 4) is 0 Å². The van der Waals surface area contributed by atoms with Gasteiger partial charge in [0.1, 0.15) is 10.6 Å². The van der Waals surface area contributed by atoms with Crippen LogP contribution in [0.4, 0.5) is 35.1 Å². The molecule has 1 amide bonds. The lowest BCUT2D eigenvalue weighted by atomic mass is 9.76. The summed E-state index contributed by atoms with van der Waals surface area (Å²) in [5.41, 5.74) is -9.60. The largest absolute Gasteiger partial charge is 0.481 e. The first-order valence-corrected chi connectivity index (χ1v) is 14.1. The number of carbonyl (C=O) groups is 2. The smallest absolute Gasteiger partial charge is 0.435 e. The Morgan fingerprint density at radius 3 is 2.17 bits per heavy atom. The average Bonchev–Trinajstić information content (AvgIpc) is 3.26. The molecule has 2 aromatic rings. The molecule has 2 unspecified atom stereocenters. The Morgan fingerprint density at radius 1 is 1.00 bits per heavy atom. The number of amides is 1. The van der Waals surface area contributed by atoms with Crippen molar-refractivity contribution >= 4 is 21.7 Å². The van der Waals surface area contributed by atoms with Crippen molar-refractivity contribution in [2.24, 2.45) is 5.41 Å². The topological polar surface area (TPSA) is 91.8 Å². The molecule has 15 heteroatoms. The number of aryl methyl sites for hydroxylation is 1. The number of alkyl halides is 7. The number of benzene rings is 2. The number of hydrogen-bond acceptors (Lipinski definition) is 4. The first kappa shape index (κ1) is 31.7. The van der Waals surface area contributed by atoms with Crippen LogP contribution < -0.4 is 0 Å². The fraction of sp³-hybridized carbons (Fsp3) is 0.481. The molecule has 1 aliphatic carbocycles. The van der Waals surface area contributed by atoms with Crippen molar-refractivity contribution in [3.05, 3.63) is 65.0 Å². The van der Waals surface area contributed by atoms with Crippen LogP contribution in [0.2, 0.25) is 0 Å². The van der Waals surface area contributed by atoms with Gasteiger partial charge in [0.15, 0.2) is 9.84 Å². The Labute approximate surface area is 235 Å². The summed E-state index contributed by atoms with van der Waals surface area (Å²) < 4.78 is 136. The first-order valence-electron chi connectivity index (χ1n) is 12.6. The molecule has 1 aliphatic heterocycles. The fourth-order valence-electron chi connectivity index (χ4n) is 6.16. The molecule has 0 spiro atoms. The normalized spacial score (nSPS) is 21.6. The highest BCUT2D eigenvalue weighted by molar-refractivity contribution is 7.92.